The highest BCUT2D eigenvalue weighted by Crippen LogP contribution is 2.33. The van der Waals surface area contributed by atoms with Gasteiger partial charge in [-0.2, -0.15) is 8.42 Å². The first-order valence-electron chi connectivity index (χ1n) is 9.35. The second kappa shape index (κ2) is 8.27. The van der Waals surface area contributed by atoms with Gasteiger partial charge in [0.25, 0.3) is 15.9 Å². The number of carbonyl (C=O) groups is 2. The first-order valence-corrected chi connectivity index (χ1v) is 10.8. The highest BCUT2D eigenvalue weighted by Gasteiger charge is 2.30. The highest BCUT2D eigenvalue weighted by molar-refractivity contribution is 7.90. The molecular weight excluding hydrogens is 406 g/mol. The fraction of sp³-hybridized carbons (Fsp3) is 0.286. The number of amidine groups is 1. The Morgan fingerprint density at radius 3 is 2.33 bits per heavy atom. The van der Waals surface area contributed by atoms with Gasteiger partial charge in [-0.3, -0.25) is 4.79 Å². The summed E-state index contributed by atoms with van der Waals surface area (Å²) in [5.41, 5.74) is 1.51. The second-order valence-electron chi connectivity index (χ2n) is 7.32. The predicted molar refractivity (Wildman–Crippen MR) is 115 cm³/mol. The van der Waals surface area contributed by atoms with Gasteiger partial charge in [-0.1, -0.05) is 13.8 Å². The Morgan fingerprint density at radius 1 is 1.10 bits per heavy atom. The molecule has 0 radical (unpaired) electrons. The van der Waals surface area contributed by atoms with Crippen LogP contribution in [0.4, 0.5) is 11.4 Å². The number of sulfonamides is 1. The van der Waals surface area contributed by atoms with Gasteiger partial charge in [-0.25, -0.2) is 4.79 Å². The highest BCUT2D eigenvalue weighted by atomic mass is 32.2. The van der Waals surface area contributed by atoms with Crippen molar-refractivity contribution in [1.82, 2.24) is 0 Å². The van der Waals surface area contributed by atoms with Crippen LogP contribution in [0.5, 0.6) is 0 Å². The standard InChI is InChI=1S/C21H23N3O5S/c1-13(2)12-24-14(3)23-30(27,28)19-11-16(7-10-18(19)24)20(25)22-17-8-5-15(6-9-17)21(26)29-4/h5-11,13H,12H2,1-4H3,(H,22,25). The molecule has 0 atom stereocenters. The van der Waals surface area contributed by atoms with E-state index in [9.17, 15) is 18.0 Å². The van der Waals surface area contributed by atoms with Crippen molar-refractivity contribution in [2.75, 3.05) is 23.9 Å². The molecule has 0 bridgehead atoms. The SMILES string of the molecule is COC(=O)c1ccc(NC(=O)c2ccc3c(c2)S(=O)(=O)N=C(C)N3CC(C)C)cc1. The van der Waals surface area contributed by atoms with Gasteiger partial charge in [0, 0.05) is 17.8 Å². The third-order valence-corrected chi connectivity index (χ3v) is 5.93. The van der Waals surface area contributed by atoms with Gasteiger partial charge in [0.2, 0.25) is 0 Å². The minimum Gasteiger partial charge on any atom is -0.465 e. The van der Waals surface area contributed by atoms with Crippen molar-refractivity contribution in [3.63, 3.8) is 0 Å². The number of carbonyl (C=O) groups excluding carboxylic acids is 2. The van der Waals surface area contributed by atoms with Crippen molar-refractivity contribution in [3.05, 3.63) is 53.6 Å². The van der Waals surface area contributed by atoms with Crippen molar-refractivity contribution < 1.29 is 22.7 Å². The molecule has 2 aromatic rings. The quantitative estimate of drug-likeness (QED) is 0.731. The number of esters is 1. The molecule has 0 spiro atoms. The molecule has 0 aliphatic carbocycles. The van der Waals surface area contributed by atoms with Gasteiger partial charge in [0.15, 0.2) is 0 Å². The lowest BCUT2D eigenvalue weighted by molar-refractivity contribution is 0.0600. The maximum Gasteiger partial charge on any atom is 0.337 e. The average Bonchev–Trinajstić information content (AvgIpc) is 2.70. The molecule has 8 nitrogen and oxygen atoms in total. The van der Waals surface area contributed by atoms with Crippen LogP contribution in [0.1, 0.15) is 41.5 Å². The number of hydrogen-bond donors (Lipinski definition) is 1. The zero-order valence-electron chi connectivity index (χ0n) is 17.2. The van der Waals surface area contributed by atoms with Crippen LogP contribution in [-0.2, 0) is 14.8 Å². The van der Waals surface area contributed by atoms with Crippen LogP contribution < -0.4 is 10.2 Å². The van der Waals surface area contributed by atoms with Crippen molar-refractivity contribution in [2.45, 2.75) is 25.7 Å². The van der Waals surface area contributed by atoms with Crippen LogP contribution in [-0.4, -0.2) is 39.8 Å². The van der Waals surface area contributed by atoms with Crippen LogP contribution in [0.15, 0.2) is 51.8 Å². The first kappa shape index (κ1) is 21.5. The molecular formula is C21H23N3O5S. The molecule has 1 amide bonds. The molecule has 1 aliphatic rings. The molecule has 0 fully saturated rings. The normalized spacial score (nSPS) is 14.7. The zero-order valence-corrected chi connectivity index (χ0v) is 18.0. The maximum atomic E-state index is 12.7. The topological polar surface area (TPSA) is 105 Å². The van der Waals surface area contributed by atoms with Crippen LogP contribution in [0.2, 0.25) is 0 Å². The molecule has 2 aromatic carbocycles. The van der Waals surface area contributed by atoms with E-state index in [1.807, 2.05) is 18.7 Å². The number of anilines is 2. The maximum absolute atomic E-state index is 12.7. The number of nitrogens with one attached hydrogen (secondary N) is 1. The van der Waals surface area contributed by atoms with Crippen molar-refractivity contribution >= 4 is 39.1 Å². The van der Waals surface area contributed by atoms with E-state index >= 15 is 0 Å². The molecule has 0 aromatic heterocycles. The number of amides is 1. The third-order valence-electron chi connectivity index (χ3n) is 4.55. The van der Waals surface area contributed by atoms with Crippen LogP contribution >= 0.6 is 0 Å². The first-order chi connectivity index (χ1) is 14.1. The summed E-state index contributed by atoms with van der Waals surface area (Å²) in [5, 5.41) is 2.69. The summed E-state index contributed by atoms with van der Waals surface area (Å²) < 4.78 is 33.7. The molecule has 1 aliphatic heterocycles. The minimum absolute atomic E-state index is 0.00226. The molecule has 0 unspecified atom stereocenters. The summed E-state index contributed by atoms with van der Waals surface area (Å²) >= 11 is 0. The van der Waals surface area contributed by atoms with Crippen LogP contribution in [0.25, 0.3) is 0 Å². The number of hydrogen-bond acceptors (Lipinski definition) is 6. The van der Waals surface area contributed by atoms with E-state index in [1.54, 1.807) is 31.2 Å². The fourth-order valence-corrected chi connectivity index (χ4v) is 4.40. The summed E-state index contributed by atoms with van der Waals surface area (Å²) in [6, 6.07) is 10.7. The number of rotatable bonds is 5. The van der Waals surface area contributed by atoms with E-state index in [-0.39, 0.29) is 10.5 Å². The predicted octanol–water partition coefficient (Wildman–Crippen LogP) is 3.31. The summed E-state index contributed by atoms with van der Waals surface area (Å²) in [6.45, 7) is 6.32. The molecule has 30 heavy (non-hydrogen) atoms. The monoisotopic (exact) mass is 429 g/mol. The minimum atomic E-state index is -3.89. The van der Waals surface area contributed by atoms with Gasteiger partial charge in [0.1, 0.15) is 10.7 Å². The zero-order chi connectivity index (χ0) is 22.1. The molecule has 0 saturated carbocycles. The van der Waals surface area contributed by atoms with Gasteiger partial charge in [-0.05, 0) is 55.3 Å². The van der Waals surface area contributed by atoms with E-state index in [2.05, 4.69) is 14.5 Å². The Kier molecular flexibility index (Phi) is 5.93. The molecule has 0 saturated heterocycles. The van der Waals surface area contributed by atoms with E-state index in [0.29, 0.717) is 35.2 Å². The molecule has 1 heterocycles. The lowest BCUT2D eigenvalue weighted by Crippen LogP contribution is -2.36. The number of methoxy groups -OCH3 is 1. The van der Waals surface area contributed by atoms with E-state index in [0.717, 1.165) is 0 Å². The Morgan fingerprint density at radius 2 is 1.73 bits per heavy atom. The number of benzene rings is 2. The third kappa shape index (κ3) is 4.35. The molecule has 9 heteroatoms. The Hall–Kier alpha value is -3.20. The van der Waals surface area contributed by atoms with Crippen LogP contribution in [0, 0.1) is 5.92 Å². The summed E-state index contributed by atoms with van der Waals surface area (Å²) in [7, 11) is -2.60. The largest absolute Gasteiger partial charge is 0.465 e. The summed E-state index contributed by atoms with van der Waals surface area (Å²) in [5.74, 6) is -0.256. The second-order valence-corrected chi connectivity index (χ2v) is 8.90. The Balaban J connectivity index is 1.89. The average molecular weight is 429 g/mol. The molecule has 3 rings (SSSR count). The van der Waals surface area contributed by atoms with E-state index in [4.69, 9.17) is 0 Å². The van der Waals surface area contributed by atoms with Gasteiger partial charge in [-0.15, -0.1) is 4.40 Å². The van der Waals surface area contributed by atoms with Crippen molar-refractivity contribution in [1.29, 1.82) is 0 Å². The van der Waals surface area contributed by atoms with Crippen molar-refractivity contribution in [3.8, 4) is 0 Å². The van der Waals surface area contributed by atoms with Crippen molar-refractivity contribution in [2.24, 2.45) is 10.3 Å². The lowest BCUT2D eigenvalue weighted by Gasteiger charge is -2.30. The Bertz CT molecular complexity index is 1120. The van der Waals surface area contributed by atoms with E-state index in [1.165, 1.54) is 25.3 Å². The number of ether oxygens (including phenoxy) is 1. The molecule has 1 N–H and O–H groups in total. The number of nitrogens with zero attached hydrogens (tertiary/aromatic N) is 2. The van der Waals surface area contributed by atoms with Gasteiger partial charge >= 0.3 is 5.97 Å². The summed E-state index contributed by atoms with van der Waals surface area (Å²) in [4.78, 5) is 26.0. The fourth-order valence-electron chi connectivity index (χ4n) is 3.14. The summed E-state index contributed by atoms with van der Waals surface area (Å²) in [6.07, 6.45) is 0. The van der Waals surface area contributed by atoms with Gasteiger partial charge in [0.05, 0.1) is 18.4 Å². The van der Waals surface area contributed by atoms with E-state index < -0.39 is 21.9 Å². The number of fused-ring (bicyclic) bond motifs is 1. The smallest absolute Gasteiger partial charge is 0.337 e. The Labute approximate surface area is 175 Å². The lowest BCUT2D eigenvalue weighted by atomic mass is 10.1. The molecule has 158 valence electrons. The van der Waals surface area contributed by atoms with Crippen LogP contribution in [0.3, 0.4) is 0 Å². The van der Waals surface area contributed by atoms with Gasteiger partial charge < -0.3 is 15.0 Å².